The number of benzene rings is 1. The molecule has 0 saturated heterocycles. The molecule has 0 aliphatic carbocycles. The molecule has 1 aromatic carbocycles. The highest BCUT2D eigenvalue weighted by atomic mass is 32.1. The Labute approximate surface area is 183 Å². The first-order valence-corrected chi connectivity index (χ1v) is 10.0. The van der Waals surface area contributed by atoms with Crippen molar-refractivity contribution < 1.29 is 29.4 Å². The van der Waals surface area contributed by atoms with Crippen LogP contribution in [0.15, 0.2) is 30.5 Å². The number of aromatic nitrogens is 1. The summed E-state index contributed by atoms with van der Waals surface area (Å²) in [5.41, 5.74) is 7.10. The van der Waals surface area contributed by atoms with E-state index >= 15 is 0 Å². The van der Waals surface area contributed by atoms with E-state index in [1.807, 2.05) is 24.3 Å². The van der Waals surface area contributed by atoms with E-state index in [-0.39, 0.29) is 12.2 Å². The predicted molar refractivity (Wildman–Crippen MR) is 115 cm³/mol. The number of H-pyrrole nitrogens is 1. The van der Waals surface area contributed by atoms with E-state index in [9.17, 15) is 24.3 Å². The van der Waals surface area contributed by atoms with E-state index < -0.39 is 55.0 Å². The molecule has 3 atom stereocenters. The van der Waals surface area contributed by atoms with Gasteiger partial charge in [0.2, 0.25) is 17.7 Å². The number of amides is 3. The van der Waals surface area contributed by atoms with Crippen LogP contribution in [0, 0.1) is 0 Å². The SMILES string of the molecule is NC(CS)C(=O)NC(CO)C(=O)NC(Cc1c[nH]c2ccccc12)C(=O)NCC(=O)O. The van der Waals surface area contributed by atoms with E-state index in [4.69, 9.17) is 10.8 Å². The van der Waals surface area contributed by atoms with Crippen molar-refractivity contribution in [1.82, 2.24) is 20.9 Å². The van der Waals surface area contributed by atoms with E-state index in [1.54, 1.807) is 6.20 Å². The summed E-state index contributed by atoms with van der Waals surface area (Å²) in [6, 6.07) is 3.85. The Balaban J connectivity index is 2.19. The molecule has 1 aromatic heterocycles. The first kappa shape index (κ1) is 24.2. The number of carboxylic acid groups (broad SMARTS) is 1. The topological polar surface area (TPSA) is 187 Å². The lowest BCUT2D eigenvalue weighted by Gasteiger charge is -2.22. The zero-order valence-corrected chi connectivity index (χ0v) is 17.4. The average Bonchev–Trinajstić information content (AvgIpc) is 3.17. The maximum atomic E-state index is 12.6. The lowest BCUT2D eigenvalue weighted by atomic mass is 10.0. The van der Waals surface area contributed by atoms with Gasteiger partial charge in [-0.25, -0.2) is 0 Å². The minimum atomic E-state index is -1.35. The second-order valence-corrected chi connectivity index (χ2v) is 7.13. The quantitative estimate of drug-likeness (QED) is 0.184. The van der Waals surface area contributed by atoms with E-state index in [2.05, 4.69) is 33.6 Å². The van der Waals surface area contributed by atoms with Crippen LogP contribution in [0.25, 0.3) is 10.9 Å². The molecule has 12 heteroatoms. The largest absolute Gasteiger partial charge is 0.480 e. The van der Waals surface area contributed by atoms with Gasteiger partial charge >= 0.3 is 5.97 Å². The van der Waals surface area contributed by atoms with Gasteiger partial charge in [-0.2, -0.15) is 12.6 Å². The monoisotopic (exact) mass is 451 g/mol. The van der Waals surface area contributed by atoms with Gasteiger partial charge in [0.15, 0.2) is 0 Å². The van der Waals surface area contributed by atoms with Crippen molar-refractivity contribution in [2.24, 2.45) is 5.73 Å². The number of hydrogen-bond donors (Lipinski definition) is 8. The van der Waals surface area contributed by atoms with Gasteiger partial charge in [-0.15, -0.1) is 0 Å². The maximum absolute atomic E-state index is 12.6. The van der Waals surface area contributed by atoms with Gasteiger partial charge in [0, 0.05) is 29.3 Å². The number of aliphatic hydroxyl groups excluding tert-OH is 1. The van der Waals surface area contributed by atoms with Crippen LogP contribution in [0.5, 0.6) is 0 Å². The minimum absolute atomic E-state index is 0.0341. The smallest absolute Gasteiger partial charge is 0.322 e. The Kier molecular flexibility index (Phi) is 8.85. The molecule has 0 aliphatic heterocycles. The zero-order chi connectivity index (χ0) is 23.0. The average molecular weight is 452 g/mol. The third-order valence-electron chi connectivity index (χ3n) is 4.49. The Morgan fingerprint density at radius 3 is 2.39 bits per heavy atom. The summed E-state index contributed by atoms with van der Waals surface area (Å²) in [6.45, 7) is -1.36. The zero-order valence-electron chi connectivity index (χ0n) is 16.5. The number of hydrogen-bond acceptors (Lipinski definition) is 7. The van der Waals surface area contributed by atoms with Crippen LogP contribution in [0.4, 0.5) is 0 Å². The maximum Gasteiger partial charge on any atom is 0.322 e. The first-order chi connectivity index (χ1) is 14.8. The highest BCUT2D eigenvalue weighted by Crippen LogP contribution is 2.19. The number of nitrogens with one attached hydrogen (secondary N) is 4. The lowest BCUT2D eigenvalue weighted by Crippen LogP contribution is -2.57. The molecule has 0 bridgehead atoms. The molecule has 168 valence electrons. The number of aliphatic carboxylic acids is 1. The minimum Gasteiger partial charge on any atom is -0.480 e. The van der Waals surface area contributed by atoms with Crippen LogP contribution in [0.2, 0.25) is 0 Å². The Morgan fingerprint density at radius 1 is 1.06 bits per heavy atom. The Hall–Kier alpha value is -3.09. The summed E-state index contributed by atoms with van der Waals surface area (Å²) in [5, 5.41) is 26.1. The fourth-order valence-corrected chi connectivity index (χ4v) is 3.01. The number of nitrogens with two attached hydrogens (primary N) is 1. The molecule has 8 N–H and O–H groups in total. The van der Waals surface area contributed by atoms with Gasteiger partial charge in [0.05, 0.1) is 12.6 Å². The van der Waals surface area contributed by atoms with Gasteiger partial charge in [0.25, 0.3) is 0 Å². The van der Waals surface area contributed by atoms with Crippen LogP contribution in [0.3, 0.4) is 0 Å². The number of carbonyl (C=O) groups is 4. The number of para-hydroxylation sites is 1. The second kappa shape index (κ2) is 11.3. The number of carboxylic acids is 1. The van der Waals surface area contributed by atoms with Crippen LogP contribution in [0.1, 0.15) is 5.56 Å². The molecule has 2 rings (SSSR count). The van der Waals surface area contributed by atoms with E-state index in [0.29, 0.717) is 5.56 Å². The molecule has 2 aromatic rings. The molecule has 11 nitrogen and oxygen atoms in total. The third-order valence-corrected chi connectivity index (χ3v) is 4.89. The van der Waals surface area contributed by atoms with Crippen LogP contribution in [-0.2, 0) is 25.6 Å². The molecular weight excluding hydrogens is 426 g/mol. The van der Waals surface area contributed by atoms with Crippen LogP contribution < -0.4 is 21.7 Å². The first-order valence-electron chi connectivity index (χ1n) is 9.39. The second-order valence-electron chi connectivity index (χ2n) is 6.77. The van der Waals surface area contributed by atoms with Crippen molar-refractivity contribution in [3.05, 3.63) is 36.0 Å². The van der Waals surface area contributed by atoms with E-state index in [1.165, 1.54) is 0 Å². The lowest BCUT2D eigenvalue weighted by molar-refractivity contribution is -0.138. The van der Waals surface area contributed by atoms with Crippen molar-refractivity contribution in [3.63, 3.8) is 0 Å². The molecule has 0 aliphatic rings. The van der Waals surface area contributed by atoms with Gasteiger partial charge in [-0.1, -0.05) is 18.2 Å². The molecule has 0 saturated carbocycles. The molecule has 31 heavy (non-hydrogen) atoms. The molecular formula is C19H25N5O6S. The molecule has 3 amide bonds. The highest BCUT2D eigenvalue weighted by molar-refractivity contribution is 7.80. The van der Waals surface area contributed by atoms with Crippen LogP contribution >= 0.6 is 12.6 Å². The Bertz CT molecular complexity index is 949. The van der Waals surface area contributed by atoms with Crippen molar-refractivity contribution in [1.29, 1.82) is 0 Å². The number of carbonyl (C=O) groups excluding carboxylic acids is 3. The number of rotatable bonds is 11. The normalized spacial score (nSPS) is 13.8. The van der Waals surface area contributed by atoms with Crippen LogP contribution in [-0.4, -0.2) is 75.9 Å². The van der Waals surface area contributed by atoms with E-state index in [0.717, 1.165) is 10.9 Å². The van der Waals surface area contributed by atoms with Crippen molar-refractivity contribution in [2.45, 2.75) is 24.5 Å². The summed E-state index contributed by atoms with van der Waals surface area (Å²) in [7, 11) is 0. The predicted octanol–water partition coefficient (Wildman–Crippen LogP) is -1.87. The fraction of sp³-hybridized carbons (Fsp3) is 0.368. The number of thiol groups is 1. The molecule has 0 fully saturated rings. The molecule has 1 heterocycles. The molecule has 3 unspecified atom stereocenters. The summed E-state index contributed by atoms with van der Waals surface area (Å²) in [5.74, 6) is -3.44. The summed E-state index contributed by atoms with van der Waals surface area (Å²) in [4.78, 5) is 51.0. The number of aliphatic hydroxyl groups is 1. The number of aromatic amines is 1. The Morgan fingerprint density at radius 2 is 1.74 bits per heavy atom. The summed E-state index contributed by atoms with van der Waals surface area (Å²) >= 11 is 3.91. The van der Waals surface area contributed by atoms with Gasteiger partial charge < -0.3 is 36.9 Å². The summed E-state index contributed by atoms with van der Waals surface area (Å²) < 4.78 is 0. The third kappa shape index (κ3) is 6.70. The van der Waals surface area contributed by atoms with Crippen molar-refractivity contribution >= 4 is 47.2 Å². The van der Waals surface area contributed by atoms with Crippen molar-refractivity contribution in [2.75, 3.05) is 18.9 Å². The molecule has 0 spiro atoms. The standard InChI is InChI=1S/C19H25N5O6S/c20-12(9-31)17(28)24-15(8-25)19(30)23-14(18(29)22-7-16(26)27)5-10-6-21-13-4-2-1-3-11(10)13/h1-4,6,12,14-15,21,25,31H,5,7-9,20H2,(H,22,29)(H,23,30)(H,24,28)(H,26,27). The van der Waals surface area contributed by atoms with Crippen molar-refractivity contribution in [3.8, 4) is 0 Å². The highest BCUT2D eigenvalue weighted by Gasteiger charge is 2.28. The fourth-order valence-electron chi connectivity index (χ4n) is 2.84. The van der Waals surface area contributed by atoms with Gasteiger partial charge in [-0.3, -0.25) is 19.2 Å². The molecule has 0 radical (unpaired) electrons. The summed E-state index contributed by atoms with van der Waals surface area (Å²) in [6.07, 6.45) is 1.73. The van der Waals surface area contributed by atoms with Gasteiger partial charge in [-0.05, 0) is 11.6 Å². The number of fused-ring (bicyclic) bond motifs is 1. The van der Waals surface area contributed by atoms with Gasteiger partial charge in [0.1, 0.15) is 18.6 Å².